The number of carbonyl (C=O) groups excluding carboxylic acids is 2. The maximum absolute atomic E-state index is 13.0. The van der Waals surface area contributed by atoms with E-state index in [1.54, 1.807) is 0 Å². The van der Waals surface area contributed by atoms with Crippen LogP contribution in [0.2, 0.25) is 0 Å². The molecule has 26 heavy (non-hydrogen) atoms. The predicted octanol–water partition coefficient (Wildman–Crippen LogP) is -0.591. The minimum atomic E-state index is -0.249. The van der Waals surface area contributed by atoms with Crippen LogP contribution in [0, 0.1) is 5.92 Å². The highest BCUT2D eigenvalue weighted by Gasteiger charge is 2.31. The first kappa shape index (κ1) is 18.8. The number of hydrogen-bond acceptors (Lipinski definition) is 6. The van der Waals surface area contributed by atoms with Crippen molar-refractivity contribution in [3.05, 3.63) is 12.2 Å². The lowest BCUT2D eigenvalue weighted by molar-refractivity contribution is -0.136. The first-order valence-electron chi connectivity index (χ1n) is 9.35. The Morgan fingerprint density at radius 1 is 1.12 bits per heavy atom. The van der Waals surface area contributed by atoms with Crippen LogP contribution in [0.1, 0.15) is 29.9 Å². The molecule has 9 heteroatoms. The first-order valence-corrected chi connectivity index (χ1v) is 9.35. The third kappa shape index (κ3) is 4.79. The average Bonchev–Trinajstić information content (AvgIpc) is 2.98. The van der Waals surface area contributed by atoms with Gasteiger partial charge >= 0.3 is 0 Å². The number of aromatic nitrogens is 3. The molecule has 1 aromatic rings. The van der Waals surface area contributed by atoms with Crippen molar-refractivity contribution in [1.82, 2.24) is 35.2 Å². The standard InChI is InChI=1S/C17H29N7O2/c1-22-6-3-7-24(9-8-22)17(26)13-4-5-14(11-23(2)10-13)20-16(25)15-18-12-19-21-15/h12-14H,3-11H2,1-2H3,(H,20,25)(H,18,19,21)/t13-,14+/m1/s1. The molecule has 3 heterocycles. The van der Waals surface area contributed by atoms with Crippen LogP contribution in [-0.2, 0) is 4.79 Å². The highest BCUT2D eigenvalue weighted by molar-refractivity contribution is 5.90. The van der Waals surface area contributed by atoms with E-state index in [2.05, 4.69) is 37.3 Å². The molecular formula is C17H29N7O2. The van der Waals surface area contributed by atoms with Gasteiger partial charge in [-0.2, -0.15) is 5.10 Å². The number of rotatable bonds is 3. The lowest BCUT2D eigenvalue weighted by atomic mass is 10.00. The highest BCUT2D eigenvalue weighted by Crippen LogP contribution is 2.19. The molecule has 2 amide bonds. The molecule has 9 nitrogen and oxygen atoms in total. The molecule has 2 aliphatic rings. The van der Waals surface area contributed by atoms with Crippen LogP contribution in [-0.4, -0.2) is 101 Å². The molecule has 0 unspecified atom stereocenters. The number of likely N-dealkylation sites (tertiary alicyclic amines) is 1. The van der Waals surface area contributed by atoms with Crippen molar-refractivity contribution in [3.63, 3.8) is 0 Å². The van der Waals surface area contributed by atoms with Gasteiger partial charge in [0, 0.05) is 38.8 Å². The fraction of sp³-hybridized carbons (Fsp3) is 0.765. The zero-order valence-corrected chi connectivity index (χ0v) is 15.6. The third-order valence-electron chi connectivity index (χ3n) is 5.27. The van der Waals surface area contributed by atoms with Crippen LogP contribution < -0.4 is 5.32 Å². The summed E-state index contributed by atoms with van der Waals surface area (Å²) in [4.78, 5) is 35.5. The fourth-order valence-corrected chi connectivity index (χ4v) is 3.83. The maximum atomic E-state index is 13.0. The molecule has 0 spiro atoms. The Hall–Kier alpha value is -2.00. The Bertz CT molecular complexity index is 606. The summed E-state index contributed by atoms with van der Waals surface area (Å²) in [7, 11) is 4.12. The quantitative estimate of drug-likeness (QED) is 0.745. The van der Waals surface area contributed by atoms with Crippen LogP contribution in [0.5, 0.6) is 0 Å². The van der Waals surface area contributed by atoms with E-state index < -0.39 is 0 Å². The van der Waals surface area contributed by atoms with Crippen molar-refractivity contribution < 1.29 is 9.59 Å². The summed E-state index contributed by atoms with van der Waals surface area (Å²) in [6.07, 6.45) is 3.92. The molecule has 1 aromatic heterocycles. The van der Waals surface area contributed by atoms with Gasteiger partial charge < -0.3 is 20.0 Å². The molecule has 2 atom stereocenters. The predicted molar refractivity (Wildman–Crippen MR) is 96.6 cm³/mol. The van der Waals surface area contributed by atoms with Crippen LogP contribution in [0.4, 0.5) is 0 Å². The van der Waals surface area contributed by atoms with E-state index in [0.717, 1.165) is 58.5 Å². The van der Waals surface area contributed by atoms with Crippen LogP contribution in [0.3, 0.4) is 0 Å². The summed E-state index contributed by atoms with van der Waals surface area (Å²) in [5.74, 6) is 0.226. The Balaban J connectivity index is 1.56. The Morgan fingerprint density at radius 3 is 2.73 bits per heavy atom. The van der Waals surface area contributed by atoms with Gasteiger partial charge in [-0.1, -0.05) is 0 Å². The summed E-state index contributed by atoms with van der Waals surface area (Å²) in [5.41, 5.74) is 0. The highest BCUT2D eigenvalue weighted by atomic mass is 16.2. The van der Waals surface area contributed by atoms with Gasteiger partial charge in [0.15, 0.2) is 0 Å². The van der Waals surface area contributed by atoms with Gasteiger partial charge in [0.25, 0.3) is 5.91 Å². The lowest BCUT2D eigenvalue weighted by Gasteiger charge is -2.27. The topological polar surface area (TPSA) is 97.5 Å². The van der Waals surface area contributed by atoms with Crippen molar-refractivity contribution >= 4 is 11.8 Å². The second-order valence-corrected chi connectivity index (χ2v) is 7.48. The second kappa shape index (κ2) is 8.59. The van der Waals surface area contributed by atoms with Crippen LogP contribution in [0.25, 0.3) is 0 Å². The van der Waals surface area contributed by atoms with Gasteiger partial charge in [-0.05, 0) is 39.9 Å². The van der Waals surface area contributed by atoms with E-state index in [0.29, 0.717) is 0 Å². The van der Waals surface area contributed by atoms with E-state index in [4.69, 9.17) is 0 Å². The molecule has 2 saturated heterocycles. The van der Waals surface area contributed by atoms with Gasteiger partial charge in [0.1, 0.15) is 6.33 Å². The molecule has 144 valence electrons. The summed E-state index contributed by atoms with van der Waals surface area (Å²) in [6.45, 7) is 5.09. The molecule has 2 fully saturated rings. The number of carbonyl (C=O) groups is 2. The number of nitrogens with zero attached hydrogens (tertiary/aromatic N) is 5. The average molecular weight is 363 g/mol. The van der Waals surface area contributed by atoms with Crippen molar-refractivity contribution in [2.24, 2.45) is 5.92 Å². The lowest BCUT2D eigenvalue weighted by Crippen LogP contribution is -2.43. The molecule has 2 N–H and O–H groups in total. The molecule has 0 radical (unpaired) electrons. The number of aromatic amines is 1. The molecule has 0 aromatic carbocycles. The Morgan fingerprint density at radius 2 is 1.96 bits per heavy atom. The SMILES string of the molecule is CN1CCCN(C(=O)[C@@H]2CC[C@H](NC(=O)c3ncn[nH]3)CN(C)C2)CC1. The Kier molecular flexibility index (Phi) is 6.20. The van der Waals surface area contributed by atoms with E-state index in [9.17, 15) is 9.59 Å². The summed E-state index contributed by atoms with van der Waals surface area (Å²) < 4.78 is 0. The molecular weight excluding hydrogens is 334 g/mol. The summed E-state index contributed by atoms with van der Waals surface area (Å²) in [6, 6.07) is 0.00525. The number of hydrogen-bond donors (Lipinski definition) is 2. The van der Waals surface area contributed by atoms with E-state index in [-0.39, 0.29) is 29.6 Å². The van der Waals surface area contributed by atoms with E-state index in [1.807, 2.05) is 11.9 Å². The Labute approximate surface area is 154 Å². The van der Waals surface area contributed by atoms with Gasteiger partial charge in [0.05, 0.1) is 5.92 Å². The van der Waals surface area contributed by atoms with Crippen molar-refractivity contribution in [1.29, 1.82) is 0 Å². The number of nitrogens with one attached hydrogen (secondary N) is 2. The molecule has 0 aliphatic carbocycles. The minimum Gasteiger partial charge on any atom is -0.345 e. The second-order valence-electron chi connectivity index (χ2n) is 7.48. The monoisotopic (exact) mass is 363 g/mol. The van der Waals surface area contributed by atoms with Crippen molar-refractivity contribution in [2.45, 2.75) is 25.3 Å². The van der Waals surface area contributed by atoms with Crippen molar-refractivity contribution in [3.8, 4) is 0 Å². The molecule has 0 bridgehead atoms. The number of amides is 2. The van der Waals surface area contributed by atoms with Crippen molar-refractivity contribution in [2.75, 3.05) is 53.4 Å². The molecule has 2 aliphatic heterocycles. The zero-order valence-electron chi connectivity index (χ0n) is 15.6. The maximum Gasteiger partial charge on any atom is 0.288 e. The number of likely N-dealkylation sites (N-methyl/N-ethyl adjacent to an activating group) is 2. The smallest absolute Gasteiger partial charge is 0.288 e. The van der Waals surface area contributed by atoms with Gasteiger partial charge in [0.2, 0.25) is 11.7 Å². The summed E-state index contributed by atoms with van der Waals surface area (Å²) >= 11 is 0. The largest absolute Gasteiger partial charge is 0.345 e. The van der Waals surface area contributed by atoms with Crippen LogP contribution in [0.15, 0.2) is 6.33 Å². The summed E-state index contributed by atoms with van der Waals surface area (Å²) in [5, 5.41) is 9.29. The van der Waals surface area contributed by atoms with E-state index >= 15 is 0 Å². The van der Waals surface area contributed by atoms with Gasteiger partial charge in [-0.15, -0.1) is 0 Å². The molecule has 0 saturated carbocycles. The zero-order chi connectivity index (χ0) is 18.5. The van der Waals surface area contributed by atoms with E-state index in [1.165, 1.54) is 6.33 Å². The number of H-pyrrole nitrogens is 1. The fourth-order valence-electron chi connectivity index (χ4n) is 3.83. The van der Waals surface area contributed by atoms with Crippen LogP contribution >= 0.6 is 0 Å². The molecule has 3 rings (SSSR count). The normalized spacial score (nSPS) is 26.2. The third-order valence-corrected chi connectivity index (χ3v) is 5.27. The first-order chi connectivity index (χ1) is 12.5. The van der Waals surface area contributed by atoms with Gasteiger partial charge in [-0.25, -0.2) is 4.98 Å². The van der Waals surface area contributed by atoms with Gasteiger partial charge in [-0.3, -0.25) is 14.7 Å². The minimum absolute atomic E-state index is 0.00409.